The zero-order valence-electron chi connectivity index (χ0n) is 16.4. The molecular weight excluding hydrogens is 397 g/mol. The van der Waals surface area contributed by atoms with Gasteiger partial charge in [-0.1, -0.05) is 35.3 Å². The van der Waals surface area contributed by atoms with Crippen molar-refractivity contribution in [3.8, 4) is 0 Å². The number of hydrogen-bond acceptors (Lipinski definition) is 2. The number of nitrogens with one attached hydrogen (secondary N) is 2. The van der Waals surface area contributed by atoms with Crippen molar-refractivity contribution < 1.29 is 14.5 Å². The van der Waals surface area contributed by atoms with Crippen LogP contribution in [0.15, 0.2) is 42.5 Å². The number of anilines is 1. The lowest BCUT2D eigenvalue weighted by Gasteiger charge is -2.19. The highest BCUT2D eigenvalue weighted by molar-refractivity contribution is 6.35. The van der Waals surface area contributed by atoms with Crippen LogP contribution in [0.25, 0.3) is 0 Å². The van der Waals surface area contributed by atoms with Gasteiger partial charge in [0.25, 0.3) is 11.8 Å². The molecule has 2 aromatic carbocycles. The molecular formula is C21H26Cl2N3O2+. The van der Waals surface area contributed by atoms with Crippen LogP contribution in [0.2, 0.25) is 10.0 Å². The molecule has 150 valence electrons. The summed E-state index contributed by atoms with van der Waals surface area (Å²) in [6.07, 6.45) is 0. The number of rotatable bonds is 8. The van der Waals surface area contributed by atoms with Crippen molar-refractivity contribution >= 4 is 40.7 Å². The van der Waals surface area contributed by atoms with Gasteiger partial charge in [-0.2, -0.15) is 0 Å². The van der Waals surface area contributed by atoms with E-state index in [1.165, 1.54) is 0 Å². The topological polar surface area (TPSA) is 53.9 Å². The van der Waals surface area contributed by atoms with Gasteiger partial charge in [0.15, 0.2) is 6.54 Å². The van der Waals surface area contributed by atoms with Crippen molar-refractivity contribution in [2.75, 3.05) is 32.0 Å². The van der Waals surface area contributed by atoms with E-state index in [1.54, 1.807) is 41.3 Å². The number of nitrogens with zero attached hydrogens (tertiary/aromatic N) is 1. The molecule has 0 radical (unpaired) electrons. The Labute approximate surface area is 176 Å². The largest absolute Gasteiger partial charge is 0.339 e. The monoisotopic (exact) mass is 422 g/mol. The normalized spacial score (nSPS) is 11.8. The first-order chi connectivity index (χ1) is 13.3. The van der Waals surface area contributed by atoms with Gasteiger partial charge in [-0.15, -0.1) is 0 Å². The third kappa shape index (κ3) is 6.23. The minimum absolute atomic E-state index is 0.0405. The van der Waals surface area contributed by atoms with Crippen LogP contribution in [0, 0.1) is 0 Å². The average molecular weight is 423 g/mol. The van der Waals surface area contributed by atoms with Gasteiger partial charge in [-0.3, -0.25) is 9.59 Å². The lowest BCUT2D eigenvalue weighted by Crippen LogP contribution is -3.08. The van der Waals surface area contributed by atoms with Crippen molar-refractivity contribution in [2.45, 2.75) is 20.4 Å². The van der Waals surface area contributed by atoms with Crippen LogP contribution in [0.3, 0.4) is 0 Å². The zero-order chi connectivity index (χ0) is 20.7. The Morgan fingerprint density at radius 3 is 2.43 bits per heavy atom. The molecule has 0 heterocycles. The van der Waals surface area contributed by atoms with Gasteiger partial charge < -0.3 is 15.1 Å². The summed E-state index contributed by atoms with van der Waals surface area (Å²) < 4.78 is 0. The smallest absolute Gasteiger partial charge is 0.279 e. The third-order valence-electron chi connectivity index (χ3n) is 4.41. The fourth-order valence-electron chi connectivity index (χ4n) is 2.96. The van der Waals surface area contributed by atoms with E-state index in [0.717, 1.165) is 10.5 Å². The summed E-state index contributed by atoms with van der Waals surface area (Å²) >= 11 is 12.1. The van der Waals surface area contributed by atoms with Gasteiger partial charge in [0.1, 0.15) is 6.54 Å². The Balaban J connectivity index is 1.97. The highest BCUT2D eigenvalue weighted by atomic mass is 35.5. The number of quaternary nitrogens is 1. The van der Waals surface area contributed by atoms with E-state index in [1.807, 2.05) is 27.0 Å². The van der Waals surface area contributed by atoms with E-state index >= 15 is 0 Å². The molecule has 0 saturated heterocycles. The summed E-state index contributed by atoms with van der Waals surface area (Å²) in [6.45, 7) is 6.05. The molecule has 28 heavy (non-hydrogen) atoms. The molecule has 0 aliphatic carbocycles. The third-order valence-corrected chi connectivity index (χ3v) is 5.00. The maximum absolute atomic E-state index is 12.5. The number of hydrogen-bond donors (Lipinski definition) is 2. The van der Waals surface area contributed by atoms with Gasteiger partial charge in [0.2, 0.25) is 0 Å². The van der Waals surface area contributed by atoms with E-state index in [0.29, 0.717) is 40.9 Å². The number of halogens is 2. The summed E-state index contributed by atoms with van der Waals surface area (Å²) in [5, 5.41) is 4.05. The number of carbonyl (C=O) groups is 2. The van der Waals surface area contributed by atoms with Gasteiger partial charge in [0, 0.05) is 34.9 Å². The van der Waals surface area contributed by atoms with Crippen molar-refractivity contribution in [3.63, 3.8) is 0 Å². The molecule has 0 saturated carbocycles. The molecule has 0 fully saturated rings. The predicted octanol–water partition coefficient (Wildman–Crippen LogP) is 3.13. The number of benzene rings is 2. The van der Waals surface area contributed by atoms with Gasteiger partial charge in [0.05, 0.1) is 12.1 Å². The second-order valence-corrected chi connectivity index (χ2v) is 7.50. The first-order valence-corrected chi connectivity index (χ1v) is 10.0. The molecule has 0 aliphatic heterocycles. The van der Waals surface area contributed by atoms with Crippen LogP contribution >= 0.6 is 23.2 Å². The standard InChI is InChI=1S/C21H25Cl2N3O2/c1-4-26(5-2)21(28)15-7-6-8-18(11-15)24-20(27)14-25(3)13-16-9-10-17(22)12-19(16)23/h6-12H,4-5,13-14H2,1-3H3,(H,24,27)/p+1. The average Bonchev–Trinajstić information content (AvgIpc) is 2.65. The summed E-state index contributed by atoms with van der Waals surface area (Å²) in [5.41, 5.74) is 2.11. The van der Waals surface area contributed by atoms with Crippen LogP contribution in [0.5, 0.6) is 0 Å². The Hall–Kier alpha value is -2.08. The minimum Gasteiger partial charge on any atom is -0.339 e. The lowest BCUT2D eigenvalue weighted by atomic mass is 10.1. The SMILES string of the molecule is CCN(CC)C(=O)c1cccc(NC(=O)C[NH+](C)Cc2ccc(Cl)cc2Cl)c1. The summed E-state index contributed by atoms with van der Waals surface area (Å²) in [4.78, 5) is 27.6. The van der Waals surface area contributed by atoms with E-state index in [-0.39, 0.29) is 18.4 Å². The highest BCUT2D eigenvalue weighted by Gasteiger charge is 2.15. The number of amides is 2. The molecule has 1 unspecified atom stereocenters. The molecule has 0 aromatic heterocycles. The maximum Gasteiger partial charge on any atom is 0.279 e. The molecule has 2 rings (SSSR count). The minimum atomic E-state index is -0.130. The molecule has 5 nitrogen and oxygen atoms in total. The van der Waals surface area contributed by atoms with E-state index in [9.17, 15) is 9.59 Å². The van der Waals surface area contributed by atoms with Crippen LogP contribution in [-0.2, 0) is 11.3 Å². The van der Waals surface area contributed by atoms with Crippen molar-refractivity contribution in [1.29, 1.82) is 0 Å². The fraction of sp³-hybridized carbons (Fsp3) is 0.333. The van der Waals surface area contributed by atoms with Crippen molar-refractivity contribution in [2.24, 2.45) is 0 Å². The molecule has 0 spiro atoms. The second kappa shape index (κ2) is 10.5. The fourth-order valence-corrected chi connectivity index (χ4v) is 3.43. The first kappa shape index (κ1) is 22.2. The van der Waals surface area contributed by atoms with Gasteiger partial charge in [-0.05, 0) is 44.2 Å². The van der Waals surface area contributed by atoms with Crippen LogP contribution in [0.4, 0.5) is 5.69 Å². The number of likely N-dealkylation sites (N-methyl/N-ethyl adjacent to an activating group) is 1. The summed E-state index contributed by atoms with van der Waals surface area (Å²) in [5.74, 6) is -0.170. The van der Waals surface area contributed by atoms with Gasteiger partial charge in [-0.25, -0.2) is 0 Å². The van der Waals surface area contributed by atoms with E-state index < -0.39 is 0 Å². The first-order valence-electron chi connectivity index (χ1n) is 9.28. The maximum atomic E-state index is 12.5. The quantitative estimate of drug-likeness (QED) is 0.686. The van der Waals surface area contributed by atoms with Crippen LogP contribution in [0.1, 0.15) is 29.8 Å². The number of carbonyl (C=O) groups excluding carboxylic acids is 2. The molecule has 2 N–H and O–H groups in total. The second-order valence-electron chi connectivity index (χ2n) is 6.65. The van der Waals surface area contributed by atoms with E-state index in [4.69, 9.17) is 23.2 Å². The zero-order valence-corrected chi connectivity index (χ0v) is 17.9. The Morgan fingerprint density at radius 2 is 1.79 bits per heavy atom. The molecule has 2 aromatic rings. The lowest BCUT2D eigenvalue weighted by molar-refractivity contribution is -0.885. The summed E-state index contributed by atoms with van der Waals surface area (Å²) in [6, 6.07) is 12.4. The Kier molecular flexibility index (Phi) is 8.30. The van der Waals surface area contributed by atoms with Crippen LogP contribution < -0.4 is 10.2 Å². The van der Waals surface area contributed by atoms with Gasteiger partial charge >= 0.3 is 0 Å². The molecule has 0 bridgehead atoms. The predicted molar refractivity (Wildman–Crippen MR) is 114 cm³/mol. The molecule has 1 atom stereocenters. The van der Waals surface area contributed by atoms with Crippen molar-refractivity contribution in [3.05, 3.63) is 63.6 Å². The molecule has 7 heteroatoms. The van der Waals surface area contributed by atoms with Crippen LogP contribution in [-0.4, -0.2) is 43.4 Å². The Morgan fingerprint density at radius 1 is 1.07 bits per heavy atom. The Bertz CT molecular complexity index is 838. The summed E-state index contributed by atoms with van der Waals surface area (Å²) in [7, 11) is 1.92. The highest BCUT2D eigenvalue weighted by Crippen LogP contribution is 2.20. The van der Waals surface area contributed by atoms with E-state index in [2.05, 4.69) is 5.32 Å². The molecule has 2 amide bonds. The molecule has 0 aliphatic rings. The van der Waals surface area contributed by atoms with Crippen molar-refractivity contribution in [1.82, 2.24) is 4.90 Å².